The van der Waals surface area contributed by atoms with Crippen LogP contribution in [0.5, 0.6) is 0 Å². The van der Waals surface area contributed by atoms with E-state index in [1.165, 1.54) is 11.8 Å². The fourth-order valence-electron chi connectivity index (χ4n) is 4.52. The topological polar surface area (TPSA) is 103 Å². The van der Waals surface area contributed by atoms with Gasteiger partial charge >= 0.3 is 0 Å². The second-order valence-corrected chi connectivity index (χ2v) is 11.6. The van der Waals surface area contributed by atoms with Crippen molar-refractivity contribution in [1.29, 1.82) is 0 Å². The summed E-state index contributed by atoms with van der Waals surface area (Å²) in [5, 5.41) is 9.26. The average molecular weight is 589 g/mol. The van der Waals surface area contributed by atoms with Crippen LogP contribution in [0.25, 0.3) is 17.0 Å². The molecule has 0 saturated carbocycles. The second kappa shape index (κ2) is 13.3. The van der Waals surface area contributed by atoms with Gasteiger partial charge in [-0.05, 0) is 80.4 Å². The Kier molecular flexibility index (Phi) is 9.08. The Morgan fingerprint density at radius 2 is 1.60 bits per heavy atom. The van der Waals surface area contributed by atoms with E-state index in [0.717, 1.165) is 38.2 Å². The van der Waals surface area contributed by atoms with Crippen LogP contribution < -0.4 is 16.0 Å². The number of carbonyl (C=O) groups is 3. The molecule has 1 atom stereocenters. The summed E-state index contributed by atoms with van der Waals surface area (Å²) in [4.78, 5) is 43.6. The number of benzene rings is 4. The molecule has 1 unspecified atom stereocenters. The van der Waals surface area contributed by atoms with Gasteiger partial charge in [-0.2, -0.15) is 0 Å². The molecule has 0 saturated heterocycles. The number of hydrogen-bond acceptors (Lipinski definition) is 4. The Bertz CT molecular complexity index is 1830. The molecular formula is C35H32N4O3S. The van der Waals surface area contributed by atoms with Gasteiger partial charge in [0.2, 0.25) is 5.91 Å². The van der Waals surface area contributed by atoms with Crippen molar-refractivity contribution < 1.29 is 14.4 Å². The van der Waals surface area contributed by atoms with Gasteiger partial charge in [0.15, 0.2) is 0 Å². The Labute approximate surface area is 254 Å². The molecule has 0 aliphatic carbocycles. The zero-order valence-corrected chi connectivity index (χ0v) is 24.9. The predicted octanol–water partition coefficient (Wildman–Crippen LogP) is 7.31. The molecule has 4 N–H and O–H groups in total. The minimum Gasteiger partial charge on any atom is -0.361 e. The van der Waals surface area contributed by atoms with Crippen LogP contribution >= 0.6 is 11.8 Å². The molecule has 0 spiro atoms. The largest absolute Gasteiger partial charge is 0.361 e. The van der Waals surface area contributed by atoms with Crippen molar-refractivity contribution in [3.05, 3.63) is 131 Å². The highest BCUT2D eigenvalue weighted by molar-refractivity contribution is 8.00. The monoisotopic (exact) mass is 588 g/mol. The maximum atomic E-state index is 13.6. The van der Waals surface area contributed by atoms with Gasteiger partial charge in [-0.25, -0.2) is 0 Å². The van der Waals surface area contributed by atoms with Crippen LogP contribution in [0.2, 0.25) is 0 Å². The third-order valence-corrected chi connectivity index (χ3v) is 7.97. The molecule has 0 aliphatic heterocycles. The van der Waals surface area contributed by atoms with Gasteiger partial charge in [-0.15, -0.1) is 11.8 Å². The van der Waals surface area contributed by atoms with Gasteiger partial charge in [0, 0.05) is 44.5 Å². The number of aromatic nitrogens is 1. The van der Waals surface area contributed by atoms with E-state index in [0.29, 0.717) is 11.3 Å². The van der Waals surface area contributed by atoms with Crippen molar-refractivity contribution >= 4 is 57.8 Å². The number of amides is 3. The van der Waals surface area contributed by atoms with E-state index in [9.17, 15) is 14.4 Å². The number of anilines is 2. The van der Waals surface area contributed by atoms with E-state index in [1.807, 2.05) is 87.5 Å². The Morgan fingerprint density at radius 1 is 0.837 bits per heavy atom. The number of para-hydroxylation sites is 1. The second-order valence-electron chi connectivity index (χ2n) is 10.2. The highest BCUT2D eigenvalue weighted by Gasteiger charge is 2.18. The molecule has 8 heteroatoms. The fraction of sp³-hybridized carbons (Fsp3) is 0.114. The molecule has 7 nitrogen and oxygen atoms in total. The summed E-state index contributed by atoms with van der Waals surface area (Å²) in [6.07, 6.45) is 3.46. The first-order valence-electron chi connectivity index (χ1n) is 13.9. The number of aromatic amines is 1. The van der Waals surface area contributed by atoms with Crippen LogP contribution in [0.15, 0.2) is 114 Å². The number of fused-ring (bicyclic) bond motifs is 1. The summed E-state index contributed by atoms with van der Waals surface area (Å²) >= 11 is 1.39. The molecule has 0 radical (unpaired) electrons. The number of thioether (sulfide) groups is 1. The van der Waals surface area contributed by atoms with E-state index in [2.05, 4.69) is 20.9 Å². The van der Waals surface area contributed by atoms with Gasteiger partial charge in [0.1, 0.15) is 5.70 Å². The van der Waals surface area contributed by atoms with Crippen LogP contribution in [0.1, 0.15) is 34.0 Å². The zero-order chi connectivity index (χ0) is 30.3. The van der Waals surface area contributed by atoms with Crippen molar-refractivity contribution in [2.24, 2.45) is 0 Å². The highest BCUT2D eigenvalue weighted by atomic mass is 32.2. The van der Waals surface area contributed by atoms with E-state index >= 15 is 0 Å². The lowest BCUT2D eigenvalue weighted by Crippen LogP contribution is -2.30. The number of nitrogens with one attached hydrogen (secondary N) is 4. The normalized spacial score (nSPS) is 12.0. The van der Waals surface area contributed by atoms with Crippen molar-refractivity contribution in [2.45, 2.75) is 30.9 Å². The molecule has 0 aliphatic rings. The van der Waals surface area contributed by atoms with Gasteiger partial charge in [-0.1, -0.05) is 54.6 Å². The molecule has 0 fully saturated rings. The van der Waals surface area contributed by atoms with Crippen LogP contribution in [0, 0.1) is 13.8 Å². The van der Waals surface area contributed by atoms with E-state index in [-0.39, 0.29) is 16.9 Å². The fourth-order valence-corrected chi connectivity index (χ4v) is 5.45. The predicted molar refractivity (Wildman–Crippen MR) is 175 cm³/mol. The maximum Gasteiger partial charge on any atom is 0.272 e. The van der Waals surface area contributed by atoms with Crippen molar-refractivity contribution in [2.75, 3.05) is 10.6 Å². The van der Waals surface area contributed by atoms with Crippen LogP contribution in [-0.2, 0) is 9.59 Å². The quantitative estimate of drug-likeness (QED) is 0.107. The third kappa shape index (κ3) is 7.42. The number of H-pyrrole nitrogens is 1. The minimum atomic E-state index is -0.475. The molecule has 3 amide bonds. The van der Waals surface area contributed by atoms with E-state index in [1.54, 1.807) is 42.6 Å². The van der Waals surface area contributed by atoms with Crippen molar-refractivity contribution in [3.63, 3.8) is 0 Å². The standard InChI is InChI=1S/C35H32N4O3S/c1-22-16-17-23(2)31(18-22)38-33(40)24(3)43-28-13-9-12-27(20-28)37-35(42)32(39-34(41)25-10-5-4-6-11-25)19-26-21-36-30-15-8-7-14-29(26)30/h4-21,24,36H,1-3H3,(H,37,42)(H,38,40)(H,39,41)/b32-19-. The molecular weight excluding hydrogens is 556 g/mol. The highest BCUT2D eigenvalue weighted by Crippen LogP contribution is 2.28. The molecule has 43 heavy (non-hydrogen) atoms. The SMILES string of the molecule is Cc1ccc(C)c(NC(=O)C(C)Sc2cccc(NC(=O)/C(=C/c3c[nH]c4ccccc34)NC(=O)c3ccccc3)c2)c1. The van der Waals surface area contributed by atoms with Gasteiger partial charge in [-0.3, -0.25) is 14.4 Å². The summed E-state index contributed by atoms with van der Waals surface area (Å²) in [6.45, 7) is 5.79. The molecule has 5 aromatic rings. The first-order chi connectivity index (χ1) is 20.8. The Morgan fingerprint density at radius 3 is 2.42 bits per heavy atom. The van der Waals surface area contributed by atoms with Gasteiger partial charge < -0.3 is 20.9 Å². The lowest BCUT2D eigenvalue weighted by molar-refractivity contribution is -0.115. The first-order valence-corrected chi connectivity index (χ1v) is 14.8. The van der Waals surface area contributed by atoms with E-state index in [4.69, 9.17) is 0 Å². The van der Waals surface area contributed by atoms with Crippen LogP contribution in [0.3, 0.4) is 0 Å². The molecule has 1 aromatic heterocycles. The molecule has 0 bridgehead atoms. The number of hydrogen-bond donors (Lipinski definition) is 4. The first kappa shape index (κ1) is 29.4. The Hall–Kier alpha value is -5.08. The smallest absolute Gasteiger partial charge is 0.272 e. The van der Waals surface area contributed by atoms with Crippen molar-refractivity contribution in [1.82, 2.24) is 10.3 Å². The van der Waals surface area contributed by atoms with Crippen LogP contribution in [-0.4, -0.2) is 28.0 Å². The summed E-state index contributed by atoms with van der Waals surface area (Å²) in [6, 6.07) is 29.7. The average Bonchev–Trinajstić information content (AvgIpc) is 3.42. The summed E-state index contributed by atoms with van der Waals surface area (Å²) in [5.74, 6) is -0.979. The minimum absolute atomic E-state index is 0.0953. The molecule has 5 rings (SSSR count). The molecule has 4 aromatic carbocycles. The lowest BCUT2D eigenvalue weighted by Gasteiger charge is -2.15. The number of aryl methyl sites for hydroxylation is 2. The van der Waals surface area contributed by atoms with Gasteiger partial charge in [0.05, 0.1) is 5.25 Å². The number of carbonyl (C=O) groups excluding carboxylic acids is 3. The molecule has 1 heterocycles. The summed E-state index contributed by atoms with van der Waals surface area (Å²) in [5.41, 5.74) is 5.62. The third-order valence-electron chi connectivity index (χ3n) is 6.87. The van der Waals surface area contributed by atoms with Crippen LogP contribution in [0.4, 0.5) is 11.4 Å². The summed E-state index contributed by atoms with van der Waals surface area (Å²) in [7, 11) is 0. The maximum absolute atomic E-state index is 13.6. The van der Waals surface area contributed by atoms with Crippen molar-refractivity contribution in [3.8, 4) is 0 Å². The number of rotatable bonds is 9. The van der Waals surface area contributed by atoms with Gasteiger partial charge in [0.25, 0.3) is 11.8 Å². The molecule has 216 valence electrons. The lowest BCUT2D eigenvalue weighted by atomic mass is 10.1. The Balaban J connectivity index is 1.33. The summed E-state index contributed by atoms with van der Waals surface area (Å²) < 4.78 is 0. The zero-order valence-electron chi connectivity index (χ0n) is 24.1. The van der Waals surface area contributed by atoms with E-state index < -0.39 is 11.8 Å².